The van der Waals surface area contributed by atoms with Gasteiger partial charge in [-0.1, -0.05) is 38.1 Å². The van der Waals surface area contributed by atoms with Crippen LogP contribution in [0.5, 0.6) is 0 Å². The smallest absolute Gasteiger partial charge is 0.234 e. The Kier molecular flexibility index (Phi) is 5.40. The molecule has 1 saturated carbocycles. The molecule has 1 aromatic rings. The van der Waals surface area contributed by atoms with Crippen LogP contribution in [0.2, 0.25) is 0 Å². The van der Waals surface area contributed by atoms with Crippen LogP contribution in [0.1, 0.15) is 50.3 Å². The summed E-state index contributed by atoms with van der Waals surface area (Å²) in [6, 6.07) is 9.09. The van der Waals surface area contributed by atoms with Crippen molar-refractivity contribution >= 4 is 5.91 Å². The van der Waals surface area contributed by atoms with E-state index in [0.717, 1.165) is 6.42 Å². The predicted molar refractivity (Wildman–Crippen MR) is 87.2 cm³/mol. The molecule has 1 fully saturated rings. The van der Waals surface area contributed by atoms with Crippen LogP contribution in [0, 0.1) is 12.8 Å². The van der Waals surface area contributed by atoms with Crippen molar-refractivity contribution in [3.63, 3.8) is 0 Å². The Balaban J connectivity index is 2.02. The fraction of sp³-hybridized carbons (Fsp3) is 0.611. The summed E-state index contributed by atoms with van der Waals surface area (Å²) in [6.45, 7) is 7.03. The average Bonchev–Trinajstić information content (AvgIpc) is 3.22. The fourth-order valence-electron chi connectivity index (χ4n) is 2.82. The second-order valence-electron chi connectivity index (χ2n) is 6.75. The van der Waals surface area contributed by atoms with Crippen LogP contribution in [-0.4, -0.2) is 30.4 Å². The van der Waals surface area contributed by atoms with Crippen molar-refractivity contribution in [2.45, 2.75) is 52.1 Å². The van der Waals surface area contributed by atoms with Crippen molar-refractivity contribution in [2.24, 2.45) is 5.92 Å². The van der Waals surface area contributed by atoms with E-state index in [1.54, 1.807) is 0 Å². The normalized spacial score (nSPS) is 16.3. The number of benzene rings is 1. The molecule has 1 N–H and O–H groups in total. The summed E-state index contributed by atoms with van der Waals surface area (Å²) in [4.78, 5) is 14.5. The molecule has 3 heteroatoms. The number of hydrogen-bond donors (Lipinski definition) is 1. The number of amides is 1. The molecule has 1 aliphatic rings. The van der Waals surface area contributed by atoms with Crippen LogP contribution < -0.4 is 5.32 Å². The maximum absolute atomic E-state index is 12.3. The van der Waals surface area contributed by atoms with Gasteiger partial charge in [-0.2, -0.15) is 0 Å². The number of likely N-dealkylation sites (N-methyl/N-ethyl adjacent to an activating group) is 1. The molecule has 0 heterocycles. The van der Waals surface area contributed by atoms with Gasteiger partial charge in [0.2, 0.25) is 5.91 Å². The molecule has 3 nitrogen and oxygen atoms in total. The first-order valence-corrected chi connectivity index (χ1v) is 8.02. The highest BCUT2D eigenvalue weighted by Crippen LogP contribution is 2.26. The first-order valence-electron chi connectivity index (χ1n) is 8.02. The molecule has 0 aromatic heterocycles. The molecule has 2 rings (SSSR count). The van der Waals surface area contributed by atoms with Crippen molar-refractivity contribution in [3.05, 3.63) is 35.4 Å². The minimum Gasteiger partial charge on any atom is -0.348 e. The van der Waals surface area contributed by atoms with Gasteiger partial charge in [0, 0.05) is 6.04 Å². The van der Waals surface area contributed by atoms with Gasteiger partial charge in [0.1, 0.15) is 0 Å². The zero-order valence-electron chi connectivity index (χ0n) is 13.7. The van der Waals surface area contributed by atoms with Crippen molar-refractivity contribution < 1.29 is 4.79 Å². The molecule has 21 heavy (non-hydrogen) atoms. The maximum atomic E-state index is 12.3. The molecule has 0 spiro atoms. The minimum atomic E-state index is 0.117. The number of aryl methyl sites for hydroxylation is 1. The SMILES string of the molecule is Cc1ccccc1C(CC(C)C)NC(=O)CN(C)C1CC1. The van der Waals surface area contributed by atoms with E-state index in [0.29, 0.717) is 18.5 Å². The number of nitrogens with one attached hydrogen (secondary N) is 1. The van der Waals surface area contributed by atoms with Gasteiger partial charge in [-0.05, 0) is 50.3 Å². The van der Waals surface area contributed by atoms with Gasteiger partial charge >= 0.3 is 0 Å². The molecule has 1 unspecified atom stereocenters. The number of carbonyl (C=O) groups is 1. The molecular weight excluding hydrogens is 260 g/mol. The Morgan fingerprint density at radius 1 is 1.33 bits per heavy atom. The second kappa shape index (κ2) is 7.08. The Morgan fingerprint density at radius 3 is 2.57 bits per heavy atom. The first kappa shape index (κ1) is 16.0. The molecular formula is C18H28N2O. The van der Waals surface area contributed by atoms with E-state index < -0.39 is 0 Å². The Morgan fingerprint density at radius 2 is 2.00 bits per heavy atom. The van der Waals surface area contributed by atoms with Crippen LogP contribution in [0.15, 0.2) is 24.3 Å². The van der Waals surface area contributed by atoms with E-state index >= 15 is 0 Å². The standard InChI is InChI=1S/C18H28N2O/c1-13(2)11-17(16-8-6-5-7-14(16)3)19-18(21)12-20(4)15-9-10-15/h5-8,13,15,17H,9-12H2,1-4H3,(H,19,21). The summed E-state index contributed by atoms with van der Waals surface area (Å²) in [5, 5.41) is 3.24. The predicted octanol–water partition coefficient (Wildman–Crippen LogP) is 3.29. The largest absolute Gasteiger partial charge is 0.348 e. The summed E-state index contributed by atoms with van der Waals surface area (Å²) in [5.74, 6) is 0.689. The molecule has 1 atom stereocenters. The van der Waals surface area contributed by atoms with Crippen molar-refractivity contribution in [1.29, 1.82) is 0 Å². The van der Waals surface area contributed by atoms with Crippen LogP contribution in [-0.2, 0) is 4.79 Å². The third-order valence-electron chi connectivity index (χ3n) is 4.17. The second-order valence-corrected chi connectivity index (χ2v) is 6.75. The van der Waals surface area contributed by atoms with Crippen LogP contribution in [0.3, 0.4) is 0 Å². The maximum Gasteiger partial charge on any atom is 0.234 e. The van der Waals surface area contributed by atoms with Gasteiger partial charge in [-0.15, -0.1) is 0 Å². The van der Waals surface area contributed by atoms with Crippen LogP contribution in [0.25, 0.3) is 0 Å². The van der Waals surface area contributed by atoms with E-state index in [9.17, 15) is 4.79 Å². The zero-order valence-corrected chi connectivity index (χ0v) is 13.7. The topological polar surface area (TPSA) is 32.3 Å². The van der Waals surface area contributed by atoms with Crippen molar-refractivity contribution in [2.75, 3.05) is 13.6 Å². The monoisotopic (exact) mass is 288 g/mol. The number of nitrogens with zero attached hydrogens (tertiary/aromatic N) is 1. The Hall–Kier alpha value is -1.35. The van der Waals surface area contributed by atoms with Gasteiger partial charge < -0.3 is 5.32 Å². The highest BCUT2D eigenvalue weighted by Gasteiger charge is 2.28. The highest BCUT2D eigenvalue weighted by molar-refractivity contribution is 5.78. The van der Waals surface area contributed by atoms with Gasteiger partial charge in [0.25, 0.3) is 0 Å². The first-order chi connectivity index (χ1) is 9.97. The molecule has 116 valence electrons. The van der Waals surface area contributed by atoms with Crippen LogP contribution in [0.4, 0.5) is 0 Å². The molecule has 1 aliphatic carbocycles. The molecule has 0 radical (unpaired) electrons. The summed E-state index contributed by atoms with van der Waals surface area (Å²) >= 11 is 0. The third kappa shape index (κ3) is 4.85. The summed E-state index contributed by atoms with van der Waals surface area (Å²) in [7, 11) is 2.04. The number of hydrogen-bond acceptors (Lipinski definition) is 2. The molecule has 1 aromatic carbocycles. The Labute approximate surface area is 128 Å². The quantitative estimate of drug-likeness (QED) is 0.835. The van der Waals surface area contributed by atoms with E-state index in [1.165, 1.54) is 24.0 Å². The minimum absolute atomic E-state index is 0.117. The average molecular weight is 288 g/mol. The molecule has 0 bridgehead atoms. The van der Waals surface area contributed by atoms with Gasteiger partial charge in [0.15, 0.2) is 0 Å². The van der Waals surface area contributed by atoms with E-state index in [4.69, 9.17) is 0 Å². The lowest BCUT2D eigenvalue weighted by molar-refractivity contribution is -0.122. The van der Waals surface area contributed by atoms with E-state index in [1.807, 2.05) is 13.1 Å². The summed E-state index contributed by atoms with van der Waals surface area (Å²) in [5.41, 5.74) is 2.49. The Bertz CT molecular complexity index is 480. The van der Waals surface area contributed by atoms with Crippen molar-refractivity contribution in [3.8, 4) is 0 Å². The zero-order chi connectivity index (χ0) is 15.4. The van der Waals surface area contributed by atoms with Gasteiger partial charge in [-0.3, -0.25) is 9.69 Å². The fourth-order valence-corrected chi connectivity index (χ4v) is 2.82. The molecule has 0 saturated heterocycles. The number of carbonyl (C=O) groups excluding carboxylic acids is 1. The lowest BCUT2D eigenvalue weighted by Gasteiger charge is -2.24. The van der Waals surface area contributed by atoms with E-state index in [2.05, 4.69) is 49.2 Å². The van der Waals surface area contributed by atoms with Gasteiger partial charge in [0.05, 0.1) is 12.6 Å². The highest BCUT2D eigenvalue weighted by atomic mass is 16.2. The van der Waals surface area contributed by atoms with Crippen LogP contribution >= 0.6 is 0 Å². The third-order valence-corrected chi connectivity index (χ3v) is 4.17. The van der Waals surface area contributed by atoms with Gasteiger partial charge in [-0.25, -0.2) is 0 Å². The molecule has 1 amide bonds. The number of rotatable bonds is 7. The summed E-state index contributed by atoms with van der Waals surface area (Å²) in [6.07, 6.45) is 3.44. The summed E-state index contributed by atoms with van der Waals surface area (Å²) < 4.78 is 0. The lowest BCUT2D eigenvalue weighted by atomic mass is 9.94. The van der Waals surface area contributed by atoms with E-state index in [-0.39, 0.29) is 11.9 Å². The van der Waals surface area contributed by atoms with Crippen molar-refractivity contribution in [1.82, 2.24) is 10.2 Å². The molecule has 0 aliphatic heterocycles. The lowest BCUT2D eigenvalue weighted by Crippen LogP contribution is -2.38.